The normalized spacial score (nSPS) is 14.0. The lowest BCUT2D eigenvalue weighted by Gasteiger charge is -2.37. The number of anilines is 2. The van der Waals surface area contributed by atoms with E-state index in [1.165, 1.54) is 0 Å². The molecule has 0 bridgehead atoms. The molecule has 32 heavy (non-hydrogen) atoms. The van der Waals surface area contributed by atoms with E-state index >= 15 is 0 Å². The second-order valence-corrected chi connectivity index (χ2v) is 8.54. The first-order valence-electron chi connectivity index (χ1n) is 10.5. The molecule has 2 aromatic rings. The van der Waals surface area contributed by atoms with Gasteiger partial charge >= 0.3 is 6.09 Å². The molecule has 0 aromatic heterocycles. The van der Waals surface area contributed by atoms with Gasteiger partial charge in [-0.05, 0) is 63.6 Å². The van der Waals surface area contributed by atoms with Crippen LogP contribution < -0.4 is 19.3 Å². The minimum absolute atomic E-state index is 0.140. The second-order valence-electron chi connectivity index (χ2n) is 8.54. The van der Waals surface area contributed by atoms with E-state index < -0.39 is 11.7 Å². The third kappa shape index (κ3) is 5.22. The molecule has 7 nitrogen and oxygen atoms in total. The first kappa shape index (κ1) is 23.2. The highest BCUT2D eigenvalue weighted by molar-refractivity contribution is 6.11. The van der Waals surface area contributed by atoms with Crippen molar-refractivity contribution >= 4 is 29.5 Å². The van der Waals surface area contributed by atoms with E-state index in [0.717, 1.165) is 11.3 Å². The Morgan fingerprint density at radius 3 is 2.06 bits per heavy atom. The van der Waals surface area contributed by atoms with E-state index in [4.69, 9.17) is 14.2 Å². The van der Waals surface area contributed by atoms with Gasteiger partial charge in [0, 0.05) is 24.7 Å². The SMILES string of the molecule is COc1ccc(C=C(C)C(=O)N2CCN(C(=O)OC(C)(C)C)c3ccc(OC)cc32)cc1. The number of nitrogens with zero attached hydrogens (tertiary/aromatic N) is 2. The molecule has 0 atom stereocenters. The Morgan fingerprint density at radius 2 is 1.47 bits per heavy atom. The number of fused-ring (bicyclic) bond motifs is 1. The molecule has 1 aliphatic rings. The van der Waals surface area contributed by atoms with Gasteiger partial charge in [-0.25, -0.2) is 4.79 Å². The van der Waals surface area contributed by atoms with Crippen LogP contribution in [0.15, 0.2) is 48.0 Å². The largest absolute Gasteiger partial charge is 0.497 e. The quantitative estimate of drug-likeness (QED) is 0.636. The van der Waals surface area contributed by atoms with Gasteiger partial charge in [0.25, 0.3) is 5.91 Å². The van der Waals surface area contributed by atoms with Crippen LogP contribution >= 0.6 is 0 Å². The number of carbonyl (C=O) groups is 2. The molecule has 3 rings (SSSR count). The summed E-state index contributed by atoms with van der Waals surface area (Å²) >= 11 is 0. The Balaban J connectivity index is 1.92. The summed E-state index contributed by atoms with van der Waals surface area (Å²) < 4.78 is 16.1. The molecule has 2 aromatic carbocycles. The van der Waals surface area contributed by atoms with Crippen LogP contribution in [-0.2, 0) is 9.53 Å². The van der Waals surface area contributed by atoms with Crippen molar-refractivity contribution in [1.82, 2.24) is 0 Å². The molecular weight excluding hydrogens is 408 g/mol. The number of carbonyl (C=O) groups excluding carboxylic acids is 2. The summed E-state index contributed by atoms with van der Waals surface area (Å²) in [5, 5.41) is 0. The molecule has 0 aliphatic carbocycles. The molecule has 0 fully saturated rings. The van der Waals surface area contributed by atoms with Gasteiger partial charge in [-0.1, -0.05) is 12.1 Å². The topological polar surface area (TPSA) is 68.3 Å². The van der Waals surface area contributed by atoms with E-state index in [1.54, 1.807) is 49.1 Å². The fourth-order valence-electron chi connectivity index (χ4n) is 3.46. The highest BCUT2D eigenvalue weighted by atomic mass is 16.6. The maximum absolute atomic E-state index is 13.4. The van der Waals surface area contributed by atoms with Crippen molar-refractivity contribution in [3.8, 4) is 11.5 Å². The maximum Gasteiger partial charge on any atom is 0.414 e. The summed E-state index contributed by atoms with van der Waals surface area (Å²) in [6, 6.07) is 12.8. The van der Waals surface area contributed by atoms with Crippen molar-refractivity contribution in [2.24, 2.45) is 0 Å². The van der Waals surface area contributed by atoms with Crippen LogP contribution in [0.4, 0.5) is 16.2 Å². The molecule has 7 heteroatoms. The molecule has 0 N–H and O–H groups in total. The van der Waals surface area contributed by atoms with Crippen LogP contribution in [-0.4, -0.2) is 44.9 Å². The fraction of sp³-hybridized carbons (Fsp3) is 0.360. The van der Waals surface area contributed by atoms with Gasteiger partial charge < -0.3 is 19.1 Å². The van der Waals surface area contributed by atoms with E-state index in [0.29, 0.717) is 35.8 Å². The Kier molecular flexibility index (Phi) is 6.77. The summed E-state index contributed by atoms with van der Waals surface area (Å²) in [5.74, 6) is 1.22. The van der Waals surface area contributed by atoms with Gasteiger partial charge in [-0.2, -0.15) is 0 Å². The highest BCUT2D eigenvalue weighted by Crippen LogP contribution is 2.37. The summed E-state index contributed by atoms with van der Waals surface area (Å²) in [7, 11) is 3.18. The standard InChI is InChI=1S/C25H30N2O5/c1-17(15-18-7-9-19(30-5)10-8-18)23(28)26-13-14-27(24(29)32-25(2,3)4)21-12-11-20(31-6)16-22(21)26/h7-12,15-16H,13-14H2,1-6H3. The van der Waals surface area contributed by atoms with Crippen molar-refractivity contribution in [2.45, 2.75) is 33.3 Å². The molecule has 2 amide bonds. The average molecular weight is 439 g/mol. The molecule has 0 radical (unpaired) electrons. The van der Waals surface area contributed by atoms with E-state index in [1.807, 2.05) is 51.1 Å². The predicted octanol–water partition coefficient (Wildman–Crippen LogP) is 4.90. The number of hydrogen-bond acceptors (Lipinski definition) is 5. The third-order valence-electron chi connectivity index (χ3n) is 5.01. The van der Waals surface area contributed by atoms with Crippen molar-refractivity contribution in [3.63, 3.8) is 0 Å². The maximum atomic E-state index is 13.4. The van der Waals surface area contributed by atoms with Crippen LogP contribution in [0.3, 0.4) is 0 Å². The molecule has 0 unspecified atom stereocenters. The highest BCUT2D eigenvalue weighted by Gasteiger charge is 2.33. The second kappa shape index (κ2) is 9.34. The van der Waals surface area contributed by atoms with Gasteiger partial charge in [-0.15, -0.1) is 0 Å². The molecule has 0 saturated heterocycles. The molecule has 0 saturated carbocycles. The van der Waals surface area contributed by atoms with Crippen molar-refractivity contribution in [1.29, 1.82) is 0 Å². The lowest BCUT2D eigenvalue weighted by Crippen LogP contribution is -2.48. The first-order valence-corrected chi connectivity index (χ1v) is 10.5. The Hall–Kier alpha value is -3.48. The zero-order valence-corrected chi connectivity index (χ0v) is 19.5. The van der Waals surface area contributed by atoms with Crippen LogP contribution in [0.1, 0.15) is 33.3 Å². The number of amides is 2. The monoisotopic (exact) mass is 438 g/mol. The smallest absolute Gasteiger partial charge is 0.414 e. The van der Waals surface area contributed by atoms with Crippen LogP contribution in [0.2, 0.25) is 0 Å². The molecule has 1 heterocycles. The van der Waals surface area contributed by atoms with Gasteiger partial charge in [0.15, 0.2) is 0 Å². The average Bonchev–Trinajstić information content (AvgIpc) is 2.76. The summed E-state index contributed by atoms with van der Waals surface area (Å²) in [5.41, 5.74) is 2.07. The lowest BCUT2D eigenvalue weighted by molar-refractivity contribution is -0.115. The summed E-state index contributed by atoms with van der Waals surface area (Å²) in [6.45, 7) is 7.93. The Morgan fingerprint density at radius 1 is 0.875 bits per heavy atom. The third-order valence-corrected chi connectivity index (χ3v) is 5.01. The number of ether oxygens (including phenoxy) is 3. The van der Waals surface area contributed by atoms with E-state index in [2.05, 4.69) is 0 Å². The van der Waals surface area contributed by atoms with Crippen LogP contribution in [0, 0.1) is 0 Å². The molecular formula is C25H30N2O5. The minimum atomic E-state index is -0.617. The van der Waals surface area contributed by atoms with Crippen LogP contribution in [0.25, 0.3) is 6.08 Å². The number of methoxy groups -OCH3 is 2. The summed E-state index contributed by atoms with van der Waals surface area (Å²) in [4.78, 5) is 29.4. The molecule has 170 valence electrons. The van der Waals surface area contributed by atoms with Crippen molar-refractivity contribution < 1.29 is 23.8 Å². The zero-order valence-electron chi connectivity index (χ0n) is 19.5. The van der Waals surface area contributed by atoms with Crippen molar-refractivity contribution in [3.05, 3.63) is 53.6 Å². The Bertz CT molecular complexity index is 1020. The van der Waals surface area contributed by atoms with E-state index in [-0.39, 0.29) is 5.91 Å². The fourth-order valence-corrected chi connectivity index (χ4v) is 3.46. The van der Waals surface area contributed by atoms with E-state index in [9.17, 15) is 9.59 Å². The number of benzene rings is 2. The number of rotatable bonds is 4. The van der Waals surface area contributed by atoms with Gasteiger partial charge in [-0.3, -0.25) is 9.69 Å². The van der Waals surface area contributed by atoms with Gasteiger partial charge in [0.05, 0.1) is 25.6 Å². The van der Waals surface area contributed by atoms with Crippen molar-refractivity contribution in [2.75, 3.05) is 37.1 Å². The van der Waals surface area contributed by atoms with Crippen LogP contribution in [0.5, 0.6) is 11.5 Å². The first-order chi connectivity index (χ1) is 15.1. The minimum Gasteiger partial charge on any atom is -0.497 e. The summed E-state index contributed by atoms with van der Waals surface area (Å²) in [6.07, 6.45) is 1.39. The molecule has 1 aliphatic heterocycles. The van der Waals surface area contributed by atoms with Gasteiger partial charge in [0.1, 0.15) is 17.1 Å². The Labute approximate surface area is 189 Å². The zero-order chi connectivity index (χ0) is 23.5. The molecule has 0 spiro atoms. The van der Waals surface area contributed by atoms with Gasteiger partial charge in [0.2, 0.25) is 0 Å². The predicted molar refractivity (Wildman–Crippen MR) is 126 cm³/mol. The number of hydrogen-bond donors (Lipinski definition) is 0. The lowest BCUT2D eigenvalue weighted by atomic mass is 10.1.